The van der Waals surface area contributed by atoms with Crippen LogP contribution < -0.4 is 5.56 Å². The Morgan fingerprint density at radius 2 is 2.15 bits per heavy atom. The first kappa shape index (κ1) is 14.4. The first-order valence-electron chi connectivity index (χ1n) is 10.5. The van der Waals surface area contributed by atoms with Crippen molar-refractivity contribution in [1.29, 1.82) is 0 Å². The largest absolute Gasteiger partial charge is 0.339 e. The molecule has 1 amide bonds. The third-order valence-corrected chi connectivity index (χ3v) is 5.19. The number of aryl methyl sites for hydroxylation is 2. The summed E-state index contributed by atoms with van der Waals surface area (Å²) in [6.07, 6.45) is 2.27. The van der Waals surface area contributed by atoms with E-state index in [1.807, 2.05) is 38.1 Å². The number of hydrogen-bond acceptors (Lipinski definition) is 4. The van der Waals surface area contributed by atoms with Crippen molar-refractivity contribution in [3.05, 3.63) is 40.3 Å². The van der Waals surface area contributed by atoms with Gasteiger partial charge in [-0.15, -0.1) is 0 Å². The fourth-order valence-electron chi connectivity index (χ4n) is 3.86. The summed E-state index contributed by atoms with van der Waals surface area (Å²) >= 11 is 0. The van der Waals surface area contributed by atoms with Crippen molar-refractivity contribution >= 4 is 27.7 Å². The van der Waals surface area contributed by atoms with Gasteiger partial charge < -0.3 is 9.80 Å². The Labute approximate surface area is 162 Å². The van der Waals surface area contributed by atoms with Gasteiger partial charge in [0.2, 0.25) is 5.91 Å². The average molecular weight is 370 g/mol. The van der Waals surface area contributed by atoms with Crippen LogP contribution in [0.3, 0.4) is 0 Å². The molecule has 1 fully saturated rings. The monoisotopic (exact) mass is 370 g/mol. The molecule has 3 aromatic rings. The Morgan fingerprint density at radius 1 is 1.33 bits per heavy atom. The summed E-state index contributed by atoms with van der Waals surface area (Å²) in [4.78, 5) is 29.2. The number of likely N-dealkylation sites (N-methyl/N-ethyl adjacent to an activating group) is 1. The number of likely N-dealkylation sites (tertiary alicyclic amines) is 1. The molecule has 1 aliphatic rings. The summed E-state index contributed by atoms with van der Waals surface area (Å²) in [5, 5.41) is 6.16. The Morgan fingerprint density at radius 3 is 2.89 bits per heavy atom. The van der Waals surface area contributed by atoms with Crippen LogP contribution in [0.25, 0.3) is 21.8 Å². The fraction of sp³-hybridized carbons (Fsp3) is 0.450. The molecular weight excluding hydrogens is 342 g/mol. The summed E-state index contributed by atoms with van der Waals surface area (Å²) < 4.78 is 26.5. The molecule has 0 spiro atoms. The molecule has 2 aromatic heterocycles. The predicted molar refractivity (Wildman–Crippen MR) is 106 cm³/mol. The van der Waals surface area contributed by atoms with Gasteiger partial charge in [-0.05, 0) is 38.9 Å². The molecule has 1 saturated heterocycles. The Hall–Kier alpha value is -2.67. The van der Waals surface area contributed by atoms with Crippen LogP contribution in [0.2, 0.25) is 0 Å². The number of benzene rings is 1. The van der Waals surface area contributed by atoms with Gasteiger partial charge in [0, 0.05) is 35.0 Å². The highest BCUT2D eigenvalue weighted by Crippen LogP contribution is 2.28. The summed E-state index contributed by atoms with van der Waals surface area (Å²) in [5.74, 6) is 0.0214. The zero-order valence-corrected chi connectivity index (χ0v) is 15.8. The number of fused-ring (bicyclic) bond motifs is 3. The van der Waals surface area contributed by atoms with E-state index in [2.05, 4.69) is 5.10 Å². The lowest BCUT2D eigenvalue weighted by atomic mass is 10.1. The lowest BCUT2D eigenvalue weighted by molar-refractivity contribution is -0.130. The van der Waals surface area contributed by atoms with E-state index >= 15 is 0 Å². The molecule has 1 atom stereocenters. The minimum absolute atomic E-state index is 0.0214. The van der Waals surface area contributed by atoms with Gasteiger partial charge in [0.25, 0.3) is 5.56 Å². The van der Waals surface area contributed by atoms with Gasteiger partial charge in [0.15, 0.2) is 0 Å². The second-order valence-corrected chi connectivity index (χ2v) is 7.54. The summed E-state index contributed by atoms with van der Waals surface area (Å²) in [7, 11) is 3.68. The molecule has 0 bridgehead atoms. The zero-order chi connectivity index (χ0) is 21.8. The second kappa shape index (κ2) is 6.49. The maximum absolute atomic E-state index is 13.2. The lowest BCUT2D eigenvalue weighted by Gasteiger charge is -2.19. The Balaban J connectivity index is 1.87. The summed E-state index contributed by atoms with van der Waals surface area (Å²) in [6.45, 7) is 0.540. The molecule has 1 unspecified atom stereocenters. The minimum atomic E-state index is -2.65. The van der Waals surface area contributed by atoms with E-state index in [4.69, 9.17) is 4.11 Å². The van der Waals surface area contributed by atoms with Crippen molar-refractivity contribution in [3.8, 4) is 0 Å². The van der Waals surface area contributed by atoms with Crippen molar-refractivity contribution in [2.24, 2.45) is 6.98 Å². The number of rotatable bonds is 3. The molecule has 7 heteroatoms. The number of pyridine rings is 1. The molecule has 4 rings (SSSR count). The molecule has 0 radical (unpaired) electrons. The number of hydrogen-bond donors (Lipinski definition) is 0. The standard InChI is InChI=1S/C20H25N5O2/c1-13-5-6-15-16(9-13)20(27)23(4)19-17(15)10-21-25(19)14-7-8-24(11-14)18(26)12-22(2)3/h5-6,9-10,14H,7-8,11-12H2,1-4H3/i4D3. The third-order valence-electron chi connectivity index (χ3n) is 5.19. The van der Waals surface area contributed by atoms with Gasteiger partial charge >= 0.3 is 0 Å². The summed E-state index contributed by atoms with van der Waals surface area (Å²) in [6, 6.07) is 5.26. The predicted octanol–water partition coefficient (Wildman–Crippen LogP) is 1.53. The highest BCUT2D eigenvalue weighted by molar-refractivity contribution is 6.04. The number of nitrogens with zero attached hydrogens (tertiary/aromatic N) is 5. The molecule has 0 saturated carbocycles. The number of carbonyl (C=O) groups excluding carboxylic acids is 1. The van der Waals surface area contributed by atoms with Gasteiger partial charge in [-0.1, -0.05) is 17.7 Å². The highest BCUT2D eigenvalue weighted by atomic mass is 16.2. The Kier molecular flexibility index (Phi) is 3.46. The molecule has 27 heavy (non-hydrogen) atoms. The van der Waals surface area contributed by atoms with Gasteiger partial charge in [-0.3, -0.25) is 14.2 Å². The number of aromatic nitrogens is 3. The molecule has 1 aliphatic heterocycles. The number of amides is 1. The van der Waals surface area contributed by atoms with Crippen molar-refractivity contribution in [1.82, 2.24) is 24.1 Å². The smallest absolute Gasteiger partial charge is 0.259 e. The molecule has 142 valence electrons. The van der Waals surface area contributed by atoms with Crippen molar-refractivity contribution < 1.29 is 8.91 Å². The lowest BCUT2D eigenvalue weighted by Crippen LogP contribution is -2.36. The fourth-order valence-corrected chi connectivity index (χ4v) is 3.86. The van der Waals surface area contributed by atoms with Crippen LogP contribution in [0, 0.1) is 6.92 Å². The first-order chi connectivity index (χ1) is 14.1. The Bertz CT molecular complexity index is 1200. The summed E-state index contributed by atoms with van der Waals surface area (Å²) in [5.41, 5.74) is 0.610. The molecule has 0 N–H and O–H groups in total. The van der Waals surface area contributed by atoms with Crippen LogP contribution in [0.1, 0.15) is 22.1 Å². The minimum Gasteiger partial charge on any atom is -0.339 e. The maximum atomic E-state index is 13.2. The van der Waals surface area contributed by atoms with Crippen LogP contribution >= 0.6 is 0 Å². The van der Waals surface area contributed by atoms with E-state index < -0.39 is 12.5 Å². The molecule has 3 heterocycles. The normalized spacial score (nSPS) is 19.6. The maximum Gasteiger partial charge on any atom is 0.259 e. The van der Waals surface area contributed by atoms with Gasteiger partial charge in [0.05, 0.1) is 18.8 Å². The van der Waals surface area contributed by atoms with E-state index in [0.717, 1.165) is 10.1 Å². The first-order valence-corrected chi connectivity index (χ1v) is 9.03. The van der Waals surface area contributed by atoms with E-state index in [1.54, 1.807) is 21.8 Å². The molecule has 0 aliphatic carbocycles. The third kappa shape index (κ3) is 2.92. The van der Waals surface area contributed by atoms with E-state index in [9.17, 15) is 9.59 Å². The van der Waals surface area contributed by atoms with E-state index in [1.165, 1.54) is 0 Å². The van der Waals surface area contributed by atoms with Crippen LogP contribution in [0.15, 0.2) is 29.2 Å². The topological polar surface area (TPSA) is 63.4 Å². The number of carbonyl (C=O) groups is 1. The average Bonchev–Trinajstić information content (AvgIpc) is 3.27. The van der Waals surface area contributed by atoms with Crippen molar-refractivity contribution in [3.63, 3.8) is 0 Å². The second-order valence-electron chi connectivity index (χ2n) is 7.54. The van der Waals surface area contributed by atoms with Gasteiger partial charge in [0.1, 0.15) is 5.65 Å². The molecule has 1 aromatic carbocycles. The van der Waals surface area contributed by atoms with Gasteiger partial charge in [-0.25, -0.2) is 4.68 Å². The van der Waals surface area contributed by atoms with Crippen LogP contribution in [0.4, 0.5) is 0 Å². The SMILES string of the molecule is [2H]C([2H])([2H])n1c(=O)c2cc(C)ccc2c2cnn(C3CCN(C(=O)CN(C)C)C3)c21. The molecular formula is C20H25N5O2. The van der Waals surface area contributed by atoms with Crippen LogP contribution in [-0.2, 0) is 11.8 Å². The van der Waals surface area contributed by atoms with Crippen molar-refractivity contribution in [2.75, 3.05) is 33.7 Å². The quantitative estimate of drug-likeness (QED) is 0.701. The van der Waals surface area contributed by atoms with Crippen molar-refractivity contribution in [2.45, 2.75) is 19.4 Å². The highest BCUT2D eigenvalue weighted by Gasteiger charge is 2.29. The zero-order valence-electron chi connectivity index (χ0n) is 18.8. The molecule has 7 nitrogen and oxygen atoms in total. The van der Waals surface area contributed by atoms with Crippen LogP contribution in [-0.4, -0.2) is 63.8 Å². The van der Waals surface area contributed by atoms with Crippen LogP contribution in [0.5, 0.6) is 0 Å². The van der Waals surface area contributed by atoms with E-state index in [0.29, 0.717) is 42.2 Å². The van der Waals surface area contributed by atoms with Gasteiger partial charge in [-0.2, -0.15) is 5.10 Å². The van der Waals surface area contributed by atoms with E-state index in [-0.39, 0.29) is 17.6 Å².